The number of aromatic nitrogens is 1. The van der Waals surface area contributed by atoms with E-state index in [4.69, 9.17) is 4.74 Å². The molecular formula is C20H24N2O5. The van der Waals surface area contributed by atoms with Crippen LogP contribution in [0.15, 0.2) is 47.4 Å². The molecule has 0 bridgehead atoms. The topological polar surface area (TPSA) is 92.0 Å². The third-order valence-corrected chi connectivity index (χ3v) is 4.89. The van der Waals surface area contributed by atoms with Crippen molar-refractivity contribution in [2.75, 3.05) is 19.7 Å². The number of ether oxygens (including phenoxy) is 1. The molecular weight excluding hydrogens is 348 g/mol. The minimum atomic E-state index is -0.632. The number of piperidine rings is 1. The summed E-state index contributed by atoms with van der Waals surface area (Å²) in [5, 5.41) is 19.3. The number of benzene rings is 1. The van der Waals surface area contributed by atoms with E-state index in [1.165, 1.54) is 12.3 Å². The number of amides is 1. The molecule has 1 aliphatic rings. The molecule has 2 aromatic rings. The SMILES string of the molecule is Cn1ccc(=O)c(OCc2ccccc2)c1C(=O)N1CC[C@H](O)[C@H](CO)C1. The molecule has 3 rings (SSSR count). The van der Waals surface area contributed by atoms with Crippen LogP contribution in [0.3, 0.4) is 0 Å². The number of rotatable bonds is 5. The van der Waals surface area contributed by atoms with Gasteiger partial charge >= 0.3 is 0 Å². The molecule has 1 saturated heterocycles. The molecule has 0 unspecified atom stereocenters. The van der Waals surface area contributed by atoms with Gasteiger partial charge in [0.25, 0.3) is 5.91 Å². The minimum absolute atomic E-state index is 0.0144. The third kappa shape index (κ3) is 4.20. The molecule has 27 heavy (non-hydrogen) atoms. The third-order valence-electron chi connectivity index (χ3n) is 4.89. The Morgan fingerprint density at radius 2 is 2.00 bits per heavy atom. The summed E-state index contributed by atoms with van der Waals surface area (Å²) in [4.78, 5) is 27.0. The van der Waals surface area contributed by atoms with Crippen LogP contribution < -0.4 is 10.2 Å². The zero-order chi connectivity index (χ0) is 19.4. The highest BCUT2D eigenvalue weighted by Gasteiger charge is 2.32. The number of aryl methyl sites for hydroxylation is 1. The summed E-state index contributed by atoms with van der Waals surface area (Å²) in [7, 11) is 1.68. The highest BCUT2D eigenvalue weighted by Crippen LogP contribution is 2.22. The second-order valence-electron chi connectivity index (χ2n) is 6.79. The van der Waals surface area contributed by atoms with Gasteiger partial charge in [-0.1, -0.05) is 30.3 Å². The van der Waals surface area contributed by atoms with Crippen molar-refractivity contribution >= 4 is 5.91 Å². The van der Waals surface area contributed by atoms with E-state index < -0.39 is 12.0 Å². The zero-order valence-electron chi connectivity index (χ0n) is 15.2. The number of pyridine rings is 1. The molecule has 7 heteroatoms. The average molecular weight is 372 g/mol. The normalized spacial score (nSPS) is 19.7. The Morgan fingerprint density at radius 3 is 2.70 bits per heavy atom. The highest BCUT2D eigenvalue weighted by molar-refractivity contribution is 5.95. The molecule has 0 aliphatic carbocycles. The first-order valence-corrected chi connectivity index (χ1v) is 8.95. The van der Waals surface area contributed by atoms with Crippen LogP contribution >= 0.6 is 0 Å². The molecule has 1 aliphatic heterocycles. The first-order chi connectivity index (χ1) is 13.0. The molecule has 7 nitrogen and oxygen atoms in total. The van der Waals surface area contributed by atoms with Crippen LogP contribution in [0.1, 0.15) is 22.5 Å². The quantitative estimate of drug-likeness (QED) is 0.809. The molecule has 2 N–H and O–H groups in total. The van der Waals surface area contributed by atoms with Crippen molar-refractivity contribution in [1.29, 1.82) is 0 Å². The van der Waals surface area contributed by atoms with Gasteiger partial charge in [0, 0.05) is 38.3 Å². The van der Waals surface area contributed by atoms with Gasteiger partial charge in [0.05, 0.1) is 12.7 Å². The summed E-state index contributed by atoms with van der Waals surface area (Å²) in [5.41, 5.74) is 0.706. The maximum atomic E-state index is 13.1. The number of hydrogen-bond donors (Lipinski definition) is 2. The van der Waals surface area contributed by atoms with E-state index in [2.05, 4.69) is 0 Å². The predicted octanol–water partition coefficient (Wildman–Crippen LogP) is 0.780. The maximum absolute atomic E-state index is 13.1. The molecule has 1 amide bonds. The summed E-state index contributed by atoms with van der Waals surface area (Å²) in [6.07, 6.45) is 1.29. The van der Waals surface area contributed by atoms with E-state index in [0.29, 0.717) is 13.0 Å². The van der Waals surface area contributed by atoms with Crippen LogP contribution in [0, 0.1) is 5.92 Å². The Kier molecular flexibility index (Phi) is 5.93. The van der Waals surface area contributed by atoms with Gasteiger partial charge in [-0.2, -0.15) is 0 Å². The van der Waals surface area contributed by atoms with Crippen LogP contribution in [-0.2, 0) is 13.7 Å². The molecule has 0 spiro atoms. The van der Waals surface area contributed by atoms with Crippen molar-refractivity contribution in [3.8, 4) is 5.75 Å². The van der Waals surface area contributed by atoms with Crippen molar-refractivity contribution in [2.45, 2.75) is 19.1 Å². The molecule has 0 saturated carbocycles. The maximum Gasteiger partial charge on any atom is 0.274 e. The summed E-state index contributed by atoms with van der Waals surface area (Å²) >= 11 is 0. The summed E-state index contributed by atoms with van der Waals surface area (Å²) in [6, 6.07) is 10.8. The molecule has 2 atom stereocenters. The Balaban J connectivity index is 1.87. The van der Waals surface area contributed by atoms with Crippen molar-refractivity contribution in [2.24, 2.45) is 13.0 Å². The molecule has 2 heterocycles. The lowest BCUT2D eigenvalue weighted by Gasteiger charge is -2.35. The summed E-state index contributed by atoms with van der Waals surface area (Å²) < 4.78 is 7.31. The Hall–Kier alpha value is -2.64. The lowest BCUT2D eigenvalue weighted by atomic mass is 9.95. The van der Waals surface area contributed by atoms with Crippen molar-refractivity contribution < 1.29 is 19.7 Å². The van der Waals surface area contributed by atoms with Crippen LogP contribution in [0.2, 0.25) is 0 Å². The van der Waals surface area contributed by atoms with Gasteiger partial charge in [0.1, 0.15) is 6.61 Å². The molecule has 1 fully saturated rings. The number of carbonyl (C=O) groups excluding carboxylic acids is 1. The Labute approximate surface area is 157 Å². The lowest BCUT2D eigenvalue weighted by Crippen LogP contribution is -2.48. The van der Waals surface area contributed by atoms with Crippen molar-refractivity contribution in [3.63, 3.8) is 0 Å². The number of nitrogens with zero attached hydrogens (tertiary/aromatic N) is 2. The van der Waals surface area contributed by atoms with Gasteiger partial charge in [-0.05, 0) is 12.0 Å². The van der Waals surface area contributed by atoms with Gasteiger partial charge in [-0.25, -0.2) is 0 Å². The predicted molar refractivity (Wildman–Crippen MR) is 99.6 cm³/mol. The zero-order valence-corrected chi connectivity index (χ0v) is 15.2. The largest absolute Gasteiger partial charge is 0.483 e. The van der Waals surface area contributed by atoms with E-state index >= 15 is 0 Å². The standard InChI is InChI=1S/C20H24N2O5/c1-21-9-7-17(25)19(27-13-14-5-3-2-4-6-14)18(21)20(26)22-10-8-16(24)15(11-22)12-23/h2-7,9,15-16,23-24H,8,10-13H2,1H3/t15-,16-/m0/s1. The molecule has 1 aromatic carbocycles. The van der Waals surface area contributed by atoms with E-state index in [9.17, 15) is 19.8 Å². The number of aliphatic hydroxyl groups is 2. The van der Waals surface area contributed by atoms with E-state index in [-0.39, 0.29) is 42.5 Å². The van der Waals surface area contributed by atoms with E-state index in [0.717, 1.165) is 5.56 Å². The number of carbonyl (C=O) groups is 1. The van der Waals surface area contributed by atoms with Gasteiger partial charge < -0.3 is 24.4 Å². The average Bonchev–Trinajstić information content (AvgIpc) is 2.69. The number of likely N-dealkylation sites (tertiary alicyclic amines) is 1. The van der Waals surface area contributed by atoms with Gasteiger partial charge in [0.15, 0.2) is 11.4 Å². The summed E-state index contributed by atoms with van der Waals surface area (Å²) in [5.74, 6) is -0.721. The van der Waals surface area contributed by atoms with Gasteiger partial charge in [-0.3, -0.25) is 9.59 Å². The van der Waals surface area contributed by atoms with Crippen LogP contribution in [0.25, 0.3) is 0 Å². The van der Waals surface area contributed by atoms with E-state index in [1.54, 1.807) is 16.5 Å². The molecule has 144 valence electrons. The summed E-state index contributed by atoms with van der Waals surface area (Å²) in [6.45, 7) is 0.573. The molecule has 0 radical (unpaired) electrons. The fraction of sp³-hybridized carbons (Fsp3) is 0.400. The van der Waals surface area contributed by atoms with Gasteiger partial charge in [-0.15, -0.1) is 0 Å². The fourth-order valence-electron chi connectivity index (χ4n) is 3.26. The van der Waals surface area contributed by atoms with Gasteiger partial charge in [0.2, 0.25) is 5.43 Å². The number of aliphatic hydroxyl groups excluding tert-OH is 2. The van der Waals surface area contributed by atoms with Crippen LogP contribution in [0.5, 0.6) is 5.75 Å². The van der Waals surface area contributed by atoms with E-state index in [1.807, 2.05) is 30.3 Å². The van der Waals surface area contributed by atoms with Crippen LogP contribution in [-0.4, -0.2) is 51.4 Å². The lowest BCUT2D eigenvalue weighted by molar-refractivity contribution is 0.00291. The smallest absolute Gasteiger partial charge is 0.274 e. The van der Waals surface area contributed by atoms with Crippen molar-refractivity contribution in [3.05, 3.63) is 64.1 Å². The minimum Gasteiger partial charge on any atom is -0.483 e. The fourth-order valence-corrected chi connectivity index (χ4v) is 3.26. The Bertz CT molecular complexity index is 849. The first kappa shape index (κ1) is 19.1. The van der Waals surface area contributed by atoms with Crippen LogP contribution in [0.4, 0.5) is 0 Å². The number of hydrogen-bond acceptors (Lipinski definition) is 5. The second kappa shape index (κ2) is 8.37. The Morgan fingerprint density at radius 1 is 1.26 bits per heavy atom. The monoisotopic (exact) mass is 372 g/mol. The second-order valence-corrected chi connectivity index (χ2v) is 6.79. The van der Waals surface area contributed by atoms with Crippen molar-refractivity contribution in [1.82, 2.24) is 9.47 Å². The highest BCUT2D eigenvalue weighted by atomic mass is 16.5. The first-order valence-electron chi connectivity index (χ1n) is 8.95. The molecule has 1 aromatic heterocycles.